The van der Waals surface area contributed by atoms with E-state index in [1.165, 1.54) is 11.3 Å². The highest BCUT2D eigenvalue weighted by molar-refractivity contribution is 7.13. The molecule has 0 atom stereocenters. The number of hydrogen-bond acceptors (Lipinski definition) is 5. The third-order valence-corrected chi connectivity index (χ3v) is 3.52. The Morgan fingerprint density at radius 2 is 2.10 bits per heavy atom. The Bertz CT molecular complexity index is 761. The highest BCUT2D eigenvalue weighted by atomic mass is 32.1. The summed E-state index contributed by atoms with van der Waals surface area (Å²) in [4.78, 5) is 26.4. The lowest BCUT2D eigenvalue weighted by molar-refractivity contribution is 0.0691. The Kier molecular flexibility index (Phi) is 3.03. The van der Waals surface area contributed by atoms with Gasteiger partial charge in [0, 0.05) is 29.5 Å². The number of carbonyl (C=O) groups is 1. The summed E-state index contributed by atoms with van der Waals surface area (Å²) >= 11 is 1.42. The summed E-state index contributed by atoms with van der Waals surface area (Å²) < 4.78 is 0. The molecule has 0 aliphatic heterocycles. The molecule has 0 radical (unpaired) electrons. The molecule has 7 heteroatoms. The van der Waals surface area contributed by atoms with E-state index in [2.05, 4.69) is 19.9 Å². The highest BCUT2D eigenvalue weighted by Crippen LogP contribution is 2.27. The summed E-state index contributed by atoms with van der Waals surface area (Å²) in [6, 6.07) is 1.55. The third kappa shape index (κ3) is 2.30. The second-order valence-corrected chi connectivity index (χ2v) is 5.09. The van der Waals surface area contributed by atoms with Crippen LogP contribution in [0, 0.1) is 6.92 Å². The Hall–Kier alpha value is -2.54. The minimum atomic E-state index is -0.992. The van der Waals surface area contributed by atoms with E-state index in [-0.39, 0.29) is 5.69 Å². The van der Waals surface area contributed by atoms with Crippen molar-refractivity contribution in [1.82, 2.24) is 19.9 Å². The van der Waals surface area contributed by atoms with Crippen molar-refractivity contribution in [1.29, 1.82) is 0 Å². The van der Waals surface area contributed by atoms with Crippen molar-refractivity contribution in [3.8, 4) is 22.1 Å². The van der Waals surface area contributed by atoms with Crippen LogP contribution in [0.3, 0.4) is 0 Å². The molecule has 0 aromatic carbocycles. The molecule has 2 N–H and O–H groups in total. The fourth-order valence-electron chi connectivity index (χ4n) is 1.68. The van der Waals surface area contributed by atoms with Gasteiger partial charge in [0.25, 0.3) is 0 Å². The number of hydrogen-bond donors (Lipinski definition) is 2. The van der Waals surface area contributed by atoms with E-state index in [0.29, 0.717) is 16.5 Å². The molecule has 3 rings (SSSR count). The molecule has 100 valence electrons. The number of aromatic carboxylic acids is 1. The predicted molar refractivity (Wildman–Crippen MR) is 74.6 cm³/mol. The number of aromatic nitrogens is 4. The van der Waals surface area contributed by atoms with Gasteiger partial charge in [-0.2, -0.15) is 0 Å². The maximum absolute atomic E-state index is 10.8. The molecule has 3 aromatic rings. The summed E-state index contributed by atoms with van der Waals surface area (Å²) in [6.45, 7) is 1.92. The molecule has 20 heavy (non-hydrogen) atoms. The summed E-state index contributed by atoms with van der Waals surface area (Å²) in [5.41, 5.74) is 2.57. The monoisotopic (exact) mass is 286 g/mol. The van der Waals surface area contributed by atoms with Crippen LogP contribution < -0.4 is 0 Å². The smallest absolute Gasteiger partial charge is 0.352 e. The number of aromatic amines is 1. The van der Waals surface area contributed by atoms with E-state index in [4.69, 9.17) is 5.11 Å². The summed E-state index contributed by atoms with van der Waals surface area (Å²) in [5, 5.41) is 11.4. The summed E-state index contributed by atoms with van der Waals surface area (Å²) in [7, 11) is 0. The van der Waals surface area contributed by atoms with Crippen LogP contribution in [-0.2, 0) is 0 Å². The van der Waals surface area contributed by atoms with E-state index in [9.17, 15) is 4.79 Å². The number of nitrogens with zero attached hydrogens (tertiary/aromatic N) is 3. The zero-order valence-corrected chi connectivity index (χ0v) is 11.3. The minimum Gasteiger partial charge on any atom is -0.477 e. The molecule has 0 saturated carbocycles. The molecule has 0 bridgehead atoms. The van der Waals surface area contributed by atoms with Crippen molar-refractivity contribution in [3.63, 3.8) is 0 Å². The largest absolute Gasteiger partial charge is 0.477 e. The van der Waals surface area contributed by atoms with Crippen molar-refractivity contribution < 1.29 is 9.90 Å². The SMILES string of the molecule is Cc1cnc(-c2nc(-c3c[nH]c(C(=O)O)c3)cs2)nc1. The lowest BCUT2D eigenvalue weighted by Crippen LogP contribution is -1.94. The maximum Gasteiger partial charge on any atom is 0.352 e. The Morgan fingerprint density at radius 1 is 1.35 bits per heavy atom. The molecular weight excluding hydrogens is 276 g/mol. The van der Waals surface area contributed by atoms with Crippen molar-refractivity contribution in [2.45, 2.75) is 6.92 Å². The van der Waals surface area contributed by atoms with Gasteiger partial charge in [0.2, 0.25) is 0 Å². The van der Waals surface area contributed by atoms with Gasteiger partial charge >= 0.3 is 5.97 Å². The second-order valence-electron chi connectivity index (χ2n) is 4.23. The predicted octanol–water partition coefficient (Wildman–Crippen LogP) is 2.60. The van der Waals surface area contributed by atoms with E-state index < -0.39 is 5.97 Å². The molecule has 6 nitrogen and oxygen atoms in total. The third-order valence-electron chi connectivity index (χ3n) is 2.69. The van der Waals surface area contributed by atoms with Crippen LogP contribution in [0.2, 0.25) is 0 Å². The lowest BCUT2D eigenvalue weighted by atomic mass is 10.2. The first kappa shape index (κ1) is 12.5. The van der Waals surface area contributed by atoms with Crippen LogP contribution in [0.1, 0.15) is 16.1 Å². The zero-order valence-electron chi connectivity index (χ0n) is 10.5. The molecule has 0 saturated heterocycles. The molecule has 0 aliphatic carbocycles. The molecule has 3 heterocycles. The van der Waals surface area contributed by atoms with E-state index in [0.717, 1.165) is 11.1 Å². The molecule has 0 spiro atoms. The van der Waals surface area contributed by atoms with Gasteiger partial charge in [0.15, 0.2) is 10.8 Å². The Balaban J connectivity index is 1.93. The van der Waals surface area contributed by atoms with Gasteiger partial charge in [-0.15, -0.1) is 11.3 Å². The first-order chi connectivity index (χ1) is 9.63. The maximum atomic E-state index is 10.8. The van der Waals surface area contributed by atoms with Crippen LogP contribution in [0.4, 0.5) is 0 Å². The fraction of sp³-hybridized carbons (Fsp3) is 0.0769. The zero-order chi connectivity index (χ0) is 14.1. The topological polar surface area (TPSA) is 91.8 Å². The fourth-order valence-corrected chi connectivity index (χ4v) is 2.45. The quantitative estimate of drug-likeness (QED) is 0.772. The number of carboxylic acids is 1. The van der Waals surface area contributed by atoms with Crippen LogP contribution in [-0.4, -0.2) is 31.0 Å². The van der Waals surface area contributed by atoms with Crippen LogP contribution >= 0.6 is 11.3 Å². The number of aryl methyl sites for hydroxylation is 1. The van der Waals surface area contributed by atoms with Gasteiger partial charge in [-0.05, 0) is 18.6 Å². The molecular formula is C13H10N4O2S. The van der Waals surface area contributed by atoms with Crippen LogP contribution in [0.15, 0.2) is 30.0 Å². The Labute approximate surface area is 118 Å². The van der Waals surface area contributed by atoms with Gasteiger partial charge in [-0.3, -0.25) is 0 Å². The van der Waals surface area contributed by atoms with Gasteiger partial charge in [-0.25, -0.2) is 19.7 Å². The normalized spacial score (nSPS) is 10.7. The number of nitrogens with one attached hydrogen (secondary N) is 1. The van der Waals surface area contributed by atoms with Gasteiger partial charge < -0.3 is 10.1 Å². The summed E-state index contributed by atoms with van der Waals surface area (Å²) in [6.07, 6.45) is 5.10. The number of rotatable bonds is 3. The van der Waals surface area contributed by atoms with E-state index >= 15 is 0 Å². The number of H-pyrrole nitrogens is 1. The van der Waals surface area contributed by atoms with Crippen LogP contribution in [0.5, 0.6) is 0 Å². The highest BCUT2D eigenvalue weighted by Gasteiger charge is 2.12. The van der Waals surface area contributed by atoms with Crippen molar-refractivity contribution >= 4 is 17.3 Å². The minimum absolute atomic E-state index is 0.140. The van der Waals surface area contributed by atoms with Crippen LogP contribution in [0.25, 0.3) is 22.1 Å². The molecule has 3 aromatic heterocycles. The van der Waals surface area contributed by atoms with Crippen molar-refractivity contribution in [2.75, 3.05) is 0 Å². The standard InChI is InChI=1S/C13H10N4O2S/c1-7-3-15-11(16-4-7)12-17-10(6-20-12)8-2-9(13(18)19)14-5-8/h2-6,14H,1H3,(H,18,19). The molecule has 0 amide bonds. The summed E-state index contributed by atoms with van der Waals surface area (Å²) in [5.74, 6) is -0.422. The van der Waals surface area contributed by atoms with Crippen molar-refractivity contribution in [3.05, 3.63) is 41.3 Å². The van der Waals surface area contributed by atoms with Crippen molar-refractivity contribution in [2.24, 2.45) is 0 Å². The van der Waals surface area contributed by atoms with Gasteiger partial charge in [-0.1, -0.05) is 0 Å². The second kappa shape index (κ2) is 4.86. The van der Waals surface area contributed by atoms with E-state index in [1.54, 1.807) is 24.7 Å². The molecule has 0 unspecified atom stereocenters. The average molecular weight is 286 g/mol. The lowest BCUT2D eigenvalue weighted by Gasteiger charge is -1.94. The first-order valence-corrected chi connectivity index (χ1v) is 6.68. The molecule has 0 aliphatic rings. The van der Waals surface area contributed by atoms with Gasteiger partial charge in [0.1, 0.15) is 5.69 Å². The number of thiazole rings is 1. The van der Waals surface area contributed by atoms with Gasteiger partial charge in [0.05, 0.1) is 5.69 Å². The first-order valence-electron chi connectivity index (χ1n) is 5.80. The molecule has 0 fully saturated rings. The number of carboxylic acid groups (broad SMARTS) is 1. The van der Waals surface area contributed by atoms with E-state index in [1.807, 2.05) is 12.3 Å². The average Bonchev–Trinajstić information content (AvgIpc) is 3.08. The Morgan fingerprint density at radius 3 is 2.75 bits per heavy atom.